The van der Waals surface area contributed by atoms with Gasteiger partial charge < -0.3 is 24.5 Å². The van der Waals surface area contributed by atoms with Crippen LogP contribution >= 0.6 is 0 Å². The number of piperazine rings is 1. The second-order valence-corrected chi connectivity index (χ2v) is 9.14. The van der Waals surface area contributed by atoms with Crippen molar-refractivity contribution in [2.45, 2.75) is 51.1 Å². The summed E-state index contributed by atoms with van der Waals surface area (Å²) in [4.78, 5) is 18.5. The van der Waals surface area contributed by atoms with Crippen LogP contribution in [0, 0.1) is 11.2 Å². The third-order valence-corrected chi connectivity index (χ3v) is 7.08. The third kappa shape index (κ3) is 4.96. The van der Waals surface area contributed by atoms with E-state index in [1.165, 1.54) is 6.07 Å². The van der Waals surface area contributed by atoms with E-state index in [1.54, 1.807) is 16.7 Å². The summed E-state index contributed by atoms with van der Waals surface area (Å²) in [6, 6.07) is 2.67. The van der Waals surface area contributed by atoms with E-state index in [1.807, 2.05) is 0 Å². The van der Waals surface area contributed by atoms with E-state index >= 15 is 0 Å². The maximum atomic E-state index is 13.7. The molecule has 2 heterocycles. The molecular weight excluding hydrogens is 430 g/mol. The van der Waals surface area contributed by atoms with Crippen molar-refractivity contribution in [2.75, 3.05) is 44.2 Å². The molecule has 178 valence electrons. The molecule has 3 fully saturated rings. The van der Waals surface area contributed by atoms with Crippen molar-refractivity contribution in [3.8, 4) is 5.75 Å². The lowest BCUT2D eigenvalue weighted by atomic mass is 9.90. The fourth-order valence-corrected chi connectivity index (χ4v) is 4.89. The Labute approximate surface area is 184 Å². The number of aliphatic hydroxyl groups is 1. The Morgan fingerprint density at radius 2 is 1.91 bits per heavy atom. The van der Waals surface area contributed by atoms with E-state index in [-0.39, 0.29) is 17.4 Å². The van der Waals surface area contributed by atoms with Gasteiger partial charge in [0.1, 0.15) is 6.04 Å². The highest BCUT2D eigenvalue weighted by Gasteiger charge is 2.51. The number of carbonyl (C=O) groups is 1. The van der Waals surface area contributed by atoms with Crippen molar-refractivity contribution in [3.05, 3.63) is 24.0 Å². The normalized spacial score (nSPS) is 26.0. The first kappa shape index (κ1) is 23.1. The van der Waals surface area contributed by atoms with Gasteiger partial charge in [0.25, 0.3) is 0 Å². The highest BCUT2D eigenvalue weighted by Crippen LogP contribution is 2.53. The number of amides is 1. The molecule has 1 amide bonds. The van der Waals surface area contributed by atoms with Gasteiger partial charge in [-0.2, -0.15) is 0 Å². The van der Waals surface area contributed by atoms with Gasteiger partial charge >= 0.3 is 6.36 Å². The van der Waals surface area contributed by atoms with Crippen LogP contribution in [0.3, 0.4) is 0 Å². The molecule has 0 aromatic heterocycles. The van der Waals surface area contributed by atoms with Gasteiger partial charge in [0.05, 0.1) is 6.10 Å². The number of benzene rings is 1. The van der Waals surface area contributed by atoms with Crippen LogP contribution in [0.5, 0.6) is 5.75 Å². The number of likely N-dealkylation sites (tertiary alicyclic amines) is 1. The summed E-state index contributed by atoms with van der Waals surface area (Å²) >= 11 is 0. The highest BCUT2D eigenvalue weighted by molar-refractivity contribution is 5.86. The maximum absolute atomic E-state index is 13.7. The fraction of sp³-hybridized carbons (Fsp3) is 0.682. The van der Waals surface area contributed by atoms with Gasteiger partial charge in [-0.1, -0.05) is 0 Å². The number of β-amino-alcohol motifs (C(OH)–C–C–N with tert-alkyl or cyclic N) is 1. The van der Waals surface area contributed by atoms with Crippen LogP contribution in [0.1, 0.15) is 32.6 Å². The first-order valence-corrected chi connectivity index (χ1v) is 11.1. The number of alkyl halides is 3. The van der Waals surface area contributed by atoms with Crippen molar-refractivity contribution >= 4 is 11.6 Å². The summed E-state index contributed by atoms with van der Waals surface area (Å²) in [5.41, 5.74) is 0.478. The molecule has 1 spiro atoms. The number of nitrogens with zero attached hydrogens (tertiary/aromatic N) is 3. The van der Waals surface area contributed by atoms with E-state index in [0.29, 0.717) is 31.9 Å². The predicted molar refractivity (Wildman–Crippen MR) is 110 cm³/mol. The van der Waals surface area contributed by atoms with Gasteiger partial charge in [-0.3, -0.25) is 4.79 Å². The number of aliphatic hydroxyl groups excluding tert-OH is 1. The van der Waals surface area contributed by atoms with Gasteiger partial charge in [0.2, 0.25) is 5.91 Å². The molecule has 1 saturated carbocycles. The Bertz CT molecular complexity index is 846. The Morgan fingerprint density at radius 3 is 2.56 bits per heavy atom. The largest absolute Gasteiger partial charge is 0.573 e. The summed E-state index contributed by atoms with van der Waals surface area (Å²) in [6.07, 6.45) is -1.20. The lowest BCUT2D eigenvalue weighted by Crippen LogP contribution is -2.56. The number of hydrogen-bond acceptors (Lipinski definition) is 5. The van der Waals surface area contributed by atoms with Crippen LogP contribution in [-0.4, -0.2) is 78.6 Å². The minimum Gasteiger partial charge on any atom is -0.403 e. The standard InChI is InChI=1S/C22H29F4N3O3/c1-15-20(31)28(9-2-8-27-10-7-21(5-6-21)19(30)14-27)11-12-29(15)16-3-4-17(23)18(13-16)32-22(24,25)26/h3-4,13,15,19,30H,2,5-12,14H2,1H3. The molecule has 2 atom stereocenters. The number of rotatable bonds is 6. The molecule has 4 rings (SSSR count). The molecule has 1 aromatic rings. The van der Waals surface area contributed by atoms with E-state index in [9.17, 15) is 27.5 Å². The van der Waals surface area contributed by atoms with Crippen LogP contribution in [0.2, 0.25) is 0 Å². The summed E-state index contributed by atoms with van der Waals surface area (Å²) in [7, 11) is 0. The van der Waals surface area contributed by atoms with E-state index in [0.717, 1.165) is 50.9 Å². The van der Waals surface area contributed by atoms with Crippen LogP contribution < -0.4 is 9.64 Å². The van der Waals surface area contributed by atoms with Gasteiger partial charge in [-0.25, -0.2) is 4.39 Å². The summed E-state index contributed by atoms with van der Waals surface area (Å²) in [5, 5.41) is 10.3. The Kier molecular flexibility index (Phi) is 6.28. The molecule has 10 heteroatoms. The van der Waals surface area contributed by atoms with Crippen LogP contribution in [0.15, 0.2) is 18.2 Å². The molecule has 3 aliphatic rings. The maximum Gasteiger partial charge on any atom is 0.573 e. The number of ether oxygens (including phenoxy) is 1. The molecule has 32 heavy (non-hydrogen) atoms. The molecule has 2 unspecified atom stereocenters. The van der Waals surface area contributed by atoms with Crippen molar-refractivity contribution in [1.29, 1.82) is 0 Å². The van der Waals surface area contributed by atoms with Gasteiger partial charge in [0, 0.05) is 37.9 Å². The van der Waals surface area contributed by atoms with Crippen molar-refractivity contribution < 1.29 is 32.2 Å². The average Bonchev–Trinajstić information content (AvgIpc) is 3.50. The van der Waals surface area contributed by atoms with Crippen LogP contribution in [-0.2, 0) is 4.79 Å². The zero-order valence-corrected chi connectivity index (χ0v) is 18.1. The smallest absolute Gasteiger partial charge is 0.403 e. The highest BCUT2D eigenvalue weighted by atomic mass is 19.4. The van der Waals surface area contributed by atoms with Crippen molar-refractivity contribution in [3.63, 3.8) is 0 Å². The molecule has 1 aliphatic carbocycles. The Hall–Kier alpha value is -2.07. The monoisotopic (exact) mass is 459 g/mol. The molecule has 2 aliphatic heterocycles. The molecule has 1 N–H and O–H groups in total. The quantitative estimate of drug-likeness (QED) is 0.663. The average molecular weight is 459 g/mol. The lowest BCUT2D eigenvalue weighted by Gasteiger charge is -2.41. The third-order valence-electron chi connectivity index (χ3n) is 7.08. The Balaban J connectivity index is 1.30. The summed E-state index contributed by atoms with van der Waals surface area (Å²) in [5.74, 6) is -2.14. The van der Waals surface area contributed by atoms with E-state index < -0.39 is 24.0 Å². The number of halogens is 4. The minimum atomic E-state index is -5.00. The second kappa shape index (κ2) is 8.70. The molecule has 1 aromatic carbocycles. The molecule has 0 radical (unpaired) electrons. The zero-order chi connectivity index (χ0) is 23.1. The number of hydrogen-bond donors (Lipinski definition) is 1. The predicted octanol–water partition coefficient (Wildman–Crippen LogP) is 3.00. The first-order valence-electron chi connectivity index (χ1n) is 11.1. The van der Waals surface area contributed by atoms with Gasteiger partial charge in [0.15, 0.2) is 11.6 Å². The van der Waals surface area contributed by atoms with Gasteiger partial charge in [-0.15, -0.1) is 13.2 Å². The van der Waals surface area contributed by atoms with Crippen LogP contribution in [0.25, 0.3) is 0 Å². The van der Waals surface area contributed by atoms with Crippen LogP contribution in [0.4, 0.5) is 23.2 Å². The topological polar surface area (TPSA) is 56.2 Å². The Morgan fingerprint density at radius 1 is 1.16 bits per heavy atom. The second-order valence-electron chi connectivity index (χ2n) is 9.14. The minimum absolute atomic E-state index is 0.116. The fourth-order valence-electron chi connectivity index (χ4n) is 4.89. The number of piperidine rings is 1. The molecular formula is C22H29F4N3O3. The van der Waals surface area contributed by atoms with Gasteiger partial charge in [-0.05, 0) is 63.2 Å². The number of carbonyl (C=O) groups excluding carboxylic acids is 1. The molecule has 2 saturated heterocycles. The van der Waals surface area contributed by atoms with E-state index in [2.05, 4.69) is 9.64 Å². The SMILES string of the molecule is CC1C(=O)N(CCCN2CCC3(CC3)C(O)C2)CCN1c1ccc(F)c(OC(F)(F)F)c1. The number of anilines is 1. The zero-order valence-electron chi connectivity index (χ0n) is 18.1. The van der Waals surface area contributed by atoms with E-state index in [4.69, 9.17) is 0 Å². The lowest BCUT2D eigenvalue weighted by molar-refractivity contribution is -0.275. The summed E-state index contributed by atoms with van der Waals surface area (Å²) in [6.45, 7) is 5.60. The first-order chi connectivity index (χ1) is 15.1. The molecule has 6 nitrogen and oxygen atoms in total. The molecule has 0 bridgehead atoms. The van der Waals surface area contributed by atoms with Crippen molar-refractivity contribution in [1.82, 2.24) is 9.80 Å². The van der Waals surface area contributed by atoms with Crippen molar-refractivity contribution in [2.24, 2.45) is 5.41 Å². The summed E-state index contributed by atoms with van der Waals surface area (Å²) < 4.78 is 55.1.